The van der Waals surface area contributed by atoms with Gasteiger partial charge >= 0.3 is 5.97 Å². The molecule has 5 nitrogen and oxygen atoms in total. The summed E-state index contributed by atoms with van der Waals surface area (Å²) in [6.07, 6.45) is 3.09. The van der Waals surface area contributed by atoms with Crippen LogP contribution in [0.3, 0.4) is 0 Å². The molecule has 0 unspecified atom stereocenters. The van der Waals surface area contributed by atoms with Crippen LogP contribution in [0.15, 0.2) is 42.5 Å². The van der Waals surface area contributed by atoms with Crippen LogP contribution in [0.1, 0.15) is 29.6 Å². The third-order valence-electron chi connectivity index (χ3n) is 6.38. The van der Waals surface area contributed by atoms with Crippen LogP contribution < -0.4 is 9.64 Å². The van der Waals surface area contributed by atoms with Gasteiger partial charge in [0.05, 0.1) is 28.1 Å². The number of amides is 2. The smallest absolute Gasteiger partial charge is 0.345 e. The van der Waals surface area contributed by atoms with Crippen LogP contribution in [0.25, 0.3) is 0 Å². The minimum atomic E-state index is -0.612. The predicted molar refractivity (Wildman–Crippen MR) is 108 cm³/mol. The summed E-state index contributed by atoms with van der Waals surface area (Å²) in [6, 6.07) is 10.9. The fourth-order valence-electron chi connectivity index (χ4n) is 5.14. The van der Waals surface area contributed by atoms with Crippen molar-refractivity contribution < 1.29 is 19.1 Å². The molecule has 2 amide bonds. The van der Waals surface area contributed by atoms with Crippen molar-refractivity contribution >= 4 is 46.7 Å². The molecule has 0 aromatic heterocycles. The maximum absolute atomic E-state index is 12.9. The Kier molecular flexibility index (Phi) is 4.41. The molecule has 1 saturated heterocycles. The van der Waals surface area contributed by atoms with Gasteiger partial charge in [-0.2, -0.15) is 0 Å². The highest BCUT2D eigenvalue weighted by atomic mass is 35.5. The largest absolute Gasteiger partial charge is 0.423 e. The molecule has 0 N–H and O–H groups in total. The zero-order chi connectivity index (χ0) is 20.3. The van der Waals surface area contributed by atoms with Gasteiger partial charge in [0.2, 0.25) is 11.8 Å². The first-order valence-electron chi connectivity index (χ1n) is 9.59. The summed E-state index contributed by atoms with van der Waals surface area (Å²) >= 11 is 11.9. The number of ether oxygens (including phenoxy) is 1. The van der Waals surface area contributed by atoms with Crippen molar-refractivity contribution in [3.05, 3.63) is 58.1 Å². The van der Waals surface area contributed by atoms with Gasteiger partial charge in [0.1, 0.15) is 5.75 Å². The zero-order valence-electron chi connectivity index (χ0n) is 15.3. The van der Waals surface area contributed by atoms with Gasteiger partial charge in [0.25, 0.3) is 0 Å². The normalized spacial score (nSPS) is 27.4. The standard InChI is InChI=1S/C22H17Cl2NO4/c23-13-3-8-16(17(24)10-13)22(28)29-15-6-4-14(5-7-15)25-20(26)18-11-1-2-12(9-11)19(18)21(25)27/h3-8,10-12,18-19H,1-2,9H2/t11-,12+,18-,19-/m0/s1. The van der Waals surface area contributed by atoms with Crippen molar-refractivity contribution in [3.63, 3.8) is 0 Å². The number of carbonyl (C=O) groups excluding carboxylic acids is 3. The summed E-state index contributed by atoms with van der Waals surface area (Å²) in [5.74, 6) is -0.138. The number of carbonyl (C=O) groups is 3. The van der Waals surface area contributed by atoms with E-state index in [2.05, 4.69) is 0 Å². The van der Waals surface area contributed by atoms with Gasteiger partial charge in [-0.15, -0.1) is 0 Å². The minimum Gasteiger partial charge on any atom is -0.423 e. The average molecular weight is 430 g/mol. The van der Waals surface area contributed by atoms with Crippen LogP contribution in [0, 0.1) is 23.7 Å². The summed E-state index contributed by atoms with van der Waals surface area (Å²) in [7, 11) is 0. The van der Waals surface area contributed by atoms with Crippen molar-refractivity contribution in [2.24, 2.45) is 23.7 Å². The highest BCUT2D eigenvalue weighted by Crippen LogP contribution is 2.56. The Morgan fingerprint density at radius 1 is 0.931 bits per heavy atom. The van der Waals surface area contributed by atoms with Gasteiger partial charge in [0.15, 0.2) is 0 Å². The molecule has 29 heavy (non-hydrogen) atoms. The van der Waals surface area contributed by atoms with E-state index >= 15 is 0 Å². The molecule has 2 aliphatic carbocycles. The molecule has 3 fully saturated rings. The Labute approximate surface area is 177 Å². The van der Waals surface area contributed by atoms with Crippen LogP contribution >= 0.6 is 23.2 Å². The quantitative estimate of drug-likeness (QED) is 0.401. The minimum absolute atomic E-state index is 0.0927. The number of hydrogen-bond donors (Lipinski definition) is 0. The Hall–Kier alpha value is -2.37. The monoisotopic (exact) mass is 429 g/mol. The van der Waals surface area contributed by atoms with Crippen molar-refractivity contribution in [2.75, 3.05) is 4.90 Å². The number of imide groups is 1. The number of fused-ring (bicyclic) bond motifs is 5. The second-order valence-electron chi connectivity index (χ2n) is 7.90. The average Bonchev–Trinajstić information content (AvgIpc) is 3.36. The van der Waals surface area contributed by atoms with E-state index in [-0.39, 0.29) is 34.2 Å². The summed E-state index contributed by atoms with van der Waals surface area (Å²) in [5.41, 5.74) is 0.714. The number of anilines is 1. The summed E-state index contributed by atoms with van der Waals surface area (Å²) < 4.78 is 5.36. The van der Waals surface area contributed by atoms with Crippen molar-refractivity contribution in [2.45, 2.75) is 19.3 Å². The first-order chi connectivity index (χ1) is 13.9. The van der Waals surface area contributed by atoms with Crippen LogP contribution in [0.4, 0.5) is 5.69 Å². The van der Waals surface area contributed by atoms with Gasteiger partial charge in [0, 0.05) is 5.02 Å². The molecule has 7 heteroatoms. The SMILES string of the molecule is O=C(Oc1ccc(N2C(=O)[C@H]3[C@@H]4CC[C@@H](C4)[C@@H]3C2=O)cc1)c1ccc(Cl)cc1Cl. The number of nitrogens with zero attached hydrogens (tertiary/aromatic N) is 1. The molecule has 2 bridgehead atoms. The second-order valence-corrected chi connectivity index (χ2v) is 8.75. The van der Waals surface area contributed by atoms with Crippen LogP contribution in [0.2, 0.25) is 10.0 Å². The molecule has 5 rings (SSSR count). The maximum atomic E-state index is 12.9. The van der Waals surface area contributed by atoms with Crippen LogP contribution in [0.5, 0.6) is 5.75 Å². The molecule has 1 aliphatic heterocycles. The topological polar surface area (TPSA) is 63.7 Å². The van der Waals surface area contributed by atoms with E-state index in [9.17, 15) is 14.4 Å². The summed E-state index contributed by atoms with van der Waals surface area (Å²) in [6.45, 7) is 0. The first-order valence-corrected chi connectivity index (χ1v) is 10.3. The number of rotatable bonds is 3. The lowest BCUT2D eigenvalue weighted by Gasteiger charge is -2.19. The third-order valence-corrected chi connectivity index (χ3v) is 6.93. The van der Waals surface area contributed by atoms with E-state index in [1.54, 1.807) is 30.3 Å². The van der Waals surface area contributed by atoms with Crippen molar-refractivity contribution in [1.82, 2.24) is 0 Å². The Bertz CT molecular complexity index is 1010. The van der Waals surface area contributed by atoms with Gasteiger partial charge in [-0.05, 0) is 73.6 Å². The molecule has 1 heterocycles. The molecule has 2 aromatic carbocycles. The summed E-state index contributed by atoms with van der Waals surface area (Å²) in [4.78, 5) is 39.4. The zero-order valence-corrected chi connectivity index (χ0v) is 16.8. The number of benzene rings is 2. The molecular formula is C22H17Cl2NO4. The highest BCUT2D eigenvalue weighted by molar-refractivity contribution is 6.36. The second kappa shape index (κ2) is 6.85. The fraction of sp³-hybridized carbons (Fsp3) is 0.318. The van der Waals surface area contributed by atoms with E-state index in [4.69, 9.17) is 27.9 Å². The van der Waals surface area contributed by atoms with Gasteiger partial charge in [-0.25, -0.2) is 4.79 Å². The molecule has 4 atom stereocenters. The number of hydrogen-bond acceptors (Lipinski definition) is 4. The molecule has 3 aliphatic rings. The first kappa shape index (κ1) is 18.6. The Morgan fingerprint density at radius 2 is 1.55 bits per heavy atom. The van der Waals surface area contributed by atoms with Gasteiger partial charge < -0.3 is 4.74 Å². The van der Waals surface area contributed by atoms with E-state index in [0.717, 1.165) is 19.3 Å². The highest BCUT2D eigenvalue weighted by Gasteiger charge is 2.61. The molecular weight excluding hydrogens is 413 g/mol. The molecule has 2 aromatic rings. The van der Waals surface area contributed by atoms with Gasteiger partial charge in [-0.3, -0.25) is 14.5 Å². The predicted octanol–water partition coefficient (Wildman–Crippen LogP) is 4.75. The lowest BCUT2D eigenvalue weighted by atomic mass is 9.81. The Balaban J connectivity index is 1.34. The lowest BCUT2D eigenvalue weighted by molar-refractivity contribution is -0.123. The van der Waals surface area contributed by atoms with Crippen LogP contribution in [-0.4, -0.2) is 17.8 Å². The lowest BCUT2D eigenvalue weighted by Crippen LogP contribution is -2.32. The van der Waals surface area contributed by atoms with Crippen LogP contribution in [-0.2, 0) is 9.59 Å². The fourth-order valence-corrected chi connectivity index (χ4v) is 5.63. The molecule has 0 spiro atoms. The summed E-state index contributed by atoms with van der Waals surface area (Å²) in [5, 5.41) is 0.627. The molecule has 0 radical (unpaired) electrons. The van der Waals surface area contributed by atoms with E-state index in [1.807, 2.05) is 0 Å². The molecule has 148 valence electrons. The van der Waals surface area contributed by atoms with Gasteiger partial charge in [-0.1, -0.05) is 23.2 Å². The van der Waals surface area contributed by atoms with E-state index in [1.165, 1.54) is 17.0 Å². The number of esters is 1. The Morgan fingerprint density at radius 3 is 2.14 bits per heavy atom. The number of halogens is 2. The molecule has 2 saturated carbocycles. The third kappa shape index (κ3) is 2.95. The van der Waals surface area contributed by atoms with Crippen molar-refractivity contribution in [1.29, 1.82) is 0 Å². The van der Waals surface area contributed by atoms with Crippen molar-refractivity contribution in [3.8, 4) is 5.75 Å². The maximum Gasteiger partial charge on any atom is 0.345 e. The van der Waals surface area contributed by atoms with E-state index in [0.29, 0.717) is 28.3 Å². The van der Waals surface area contributed by atoms with E-state index < -0.39 is 5.97 Å².